The molecular formula is C21H26O3S. The van der Waals surface area contributed by atoms with Crippen molar-refractivity contribution >= 4 is 17.5 Å². The van der Waals surface area contributed by atoms with Crippen molar-refractivity contribution in [1.29, 1.82) is 0 Å². The summed E-state index contributed by atoms with van der Waals surface area (Å²) in [5.74, 6) is 1.63. The quantitative estimate of drug-likeness (QED) is 0.783. The molecule has 0 amide bonds. The second kappa shape index (κ2) is 7.96. The fourth-order valence-corrected chi connectivity index (χ4v) is 3.22. The zero-order valence-corrected chi connectivity index (χ0v) is 16.4. The van der Waals surface area contributed by atoms with Gasteiger partial charge in [-0.05, 0) is 54.5 Å². The van der Waals surface area contributed by atoms with Gasteiger partial charge in [-0.3, -0.25) is 4.79 Å². The third kappa shape index (κ3) is 4.57. The molecule has 0 aliphatic carbocycles. The number of hydrogen-bond acceptors (Lipinski definition) is 4. The molecule has 0 radical (unpaired) electrons. The van der Waals surface area contributed by atoms with Crippen molar-refractivity contribution in [3.63, 3.8) is 0 Å². The van der Waals surface area contributed by atoms with E-state index in [2.05, 4.69) is 13.8 Å². The SMILES string of the molecule is CSCC(=O)COc1ccc(C(C)(C)c2cc(C)c(O)c(C)c2)cc1. The Morgan fingerprint density at radius 1 is 1.08 bits per heavy atom. The lowest BCUT2D eigenvalue weighted by atomic mass is 9.77. The summed E-state index contributed by atoms with van der Waals surface area (Å²) in [6, 6.07) is 12.0. The summed E-state index contributed by atoms with van der Waals surface area (Å²) >= 11 is 1.50. The first kappa shape index (κ1) is 19.4. The van der Waals surface area contributed by atoms with Gasteiger partial charge in [-0.25, -0.2) is 0 Å². The molecule has 0 saturated carbocycles. The molecule has 0 fully saturated rings. The number of thioether (sulfide) groups is 1. The minimum absolute atomic E-state index is 0.0898. The molecule has 0 heterocycles. The van der Waals surface area contributed by atoms with E-state index in [-0.39, 0.29) is 17.8 Å². The number of aryl methyl sites for hydroxylation is 2. The van der Waals surface area contributed by atoms with Crippen molar-refractivity contribution in [2.75, 3.05) is 18.6 Å². The van der Waals surface area contributed by atoms with Crippen molar-refractivity contribution in [2.45, 2.75) is 33.1 Å². The molecule has 0 aromatic heterocycles. The fourth-order valence-electron chi connectivity index (χ4n) is 2.82. The Bertz CT molecular complexity index is 725. The second-order valence-corrected chi connectivity index (χ2v) is 7.73. The average molecular weight is 359 g/mol. The minimum atomic E-state index is -0.198. The number of carbonyl (C=O) groups is 1. The molecule has 2 aromatic rings. The lowest BCUT2D eigenvalue weighted by Crippen LogP contribution is -2.19. The normalized spacial score (nSPS) is 11.4. The lowest BCUT2D eigenvalue weighted by molar-refractivity contribution is -0.118. The summed E-state index contributed by atoms with van der Waals surface area (Å²) in [7, 11) is 0. The molecule has 0 atom stereocenters. The van der Waals surface area contributed by atoms with E-state index in [1.165, 1.54) is 11.8 Å². The Morgan fingerprint density at radius 3 is 2.16 bits per heavy atom. The number of phenols is 1. The first-order chi connectivity index (χ1) is 11.8. The van der Waals surface area contributed by atoms with Crippen LogP contribution in [0.5, 0.6) is 11.5 Å². The maximum absolute atomic E-state index is 11.6. The molecule has 2 aromatic carbocycles. The topological polar surface area (TPSA) is 46.5 Å². The van der Waals surface area contributed by atoms with E-state index in [0.29, 0.717) is 17.3 Å². The molecule has 2 rings (SSSR count). The standard InChI is InChI=1S/C21H26O3S/c1-14-10-17(11-15(2)20(14)23)21(3,4)16-6-8-19(9-7-16)24-12-18(22)13-25-5/h6-11,23H,12-13H2,1-5H3. The fraction of sp³-hybridized carbons (Fsp3) is 0.381. The van der Waals surface area contributed by atoms with Gasteiger partial charge in [-0.1, -0.05) is 38.1 Å². The van der Waals surface area contributed by atoms with Gasteiger partial charge in [0.1, 0.15) is 18.1 Å². The predicted molar refractivity (Wildman–Crippen MR) is 105 cm³/mol. The van der Waals surface area contributed by atoms with Crippen LogP contribution in [0, 0.1) is 13.8 Å². The van der Waals surface area contributed by atoms with Crippen LogP contribution < -0.4 is 4.74 Å². The Morgan fingerprint density at radius 2 is 1.64 bits per heavy atom. The van der Waals surface area contributed by atoms with Crippen molar-refractivity contribution in [1.82, 2.24) is 0 Å². The summed E-state index contributed by atoms with van der Waals surface area (Å²) in [5.41, 5.74) is 3.88. The van der Waals surface area contributed by atoms with Crippen LogP contribution in [0.2, 0.25) is 0 Å². The van der Waals surface area contributed by atoms with E-state index in [1.54, 1.807) is 0 Å². The van der Waals surface area contributed by atoms with Gasteiger partial charge in [-0.15, -0.1) is 0 Å². The zero-order valence-electron chi connectivity index (χ0n) is 15.6. The van der Waals surface area contributed by atoms with Crippen molar-refractivity contribution in [2.24, 2.45) is 0 Å². The van der Waals surface area contributed by atoms with Crippen molar-refractivity contribution < 1.29 is 14.6 Å². The van der Waals surface area contributed by atoms with Crippen LogP contribution in [0.3, 0.4) is 0 Å². The van der Waals surface area contributed by atoms with Gasteiger partial charge in [-0.2, -0.15) is 11.8 Å². The molecular weight excluding hydrogens is 332 g/mol. The maximum Gasteiger partial charge on any atom is 0.180 e. The molecule has 0 bridgehead atoms. The number of benzene rings is 2. The Balaban J connectivity index is 2.19. The Hall–Kier alpha value is -1.94. The molecule has 134 valence electrons. The number of ether oxygens (including phenoxy) is 1. The van der Waals surface area contributed by atoms with E-state index in [0.717, 1.165) is 22.3 Å². The first-order valence-electron chi connectivity index (χ1n) is 8.30. The molecule has 0 saturated heterocycles. The van der Waals surface area contributed by atoms with Crippen LogP contribution in [-0.4, -0.2) is 29.5 Å². The number of Topliss-reactive ketones (excluding diaryl/α,β-unsaturated/α-hetero) is 1. The van der Waals surface area contributed by atoms with E-state index in [1.807, 2.05) is 56.5 Å². The van der Waals surface area contributed by atoms with Gasteiger partial charge >= 0.3 is 0 Å². The Kier molecular flexibility index (Phi) is 6.17. The molecule has 25 heavy (non-hydrogen) atoms. The van der Waals surface area contributed by atoms with E-state index >= 15 is 0 Å². The zero-order chi connectivity index (χ0) is 18.6. The van der Waals surface area contributed by atoms with Gasteiger partial charge in [0.2, 0.25) is 0 Å². The van der Waals surface area contributed by atoms with Gasteiger partial charge in [0.15, 0.2) is 5.78 Å². The number of hydrogen-bond donors (Lipinski definition) is 1. The van der Waals surface area contributed by atoms with Gasteiger partial charge in [0.05, 0.1) is 5.75 Å². The third-order valence-corrected chi connectivity index (χ3v) is 5.10. The average Bonchev–Trinajstić information content (AvgIpc) is 2.58. The number of carbonyl (C=O) groups excluding carboxylic acids is 1. The predicted octanol–water partition coefficient (Wildman–Crippen LogP) is 4.65. The number of ketones is 1. The van der Waals surface area contributed by atoms with E-state index in [4.69, 9.17) is 4.74 Å². The summed E-state index contributed by atoms with van der Waals surface area (Å²) in [6.07, 6.45) is 1.90. The van der Waals surface area contributed by atoms with Crippen LogP contribution in [0.15, 0.2) is 36.4 Å². The van der Waals surface area contributed by atoms with Crippen LogP contribution in [0.1, 0.15) is 36.1 Å². The second-order valence-electron chi connectivity index (χ2n) is 6.87. The highest BCUT2D eigenvalue weighted by molar-refractivity contribution is 7.99. The summed E-state index contributed by atoms with van der Waals surface area (Å²) in [6.45, 7) is 8.28. The highest BCUT2D eigenvalue weighted by Gasteiger charge is 2.24. The van der Waals surface area contributed by atoms with E-state index < -0.39 is 0 Å². The van der Waals surface area contributed by atoms with Crippen LogP contribution in [0.25, 0.3) is 0 Å². The lowest BCUT2D eigenvalue weighted by Gasteiger charge is -2.27. The molecule has 4 heteroatoms. The van der Waals surface area contributed by atoms with Crippen LogP contribution in [0.4, 0.5) is 0 Å². The number of rotatable bonds is 7. The largest absolute Gasteiger partial charge is 0.507 e. The summed E-state index contributed by atoms with van der Waals surface area (Å²) in [5, 5.41) is 10.00. The highest BCUT2D eigenvalue weighted by atomic mass is 32.2. The Labute approximate surface area is 154 Å². The third-order valence-electron chi connectivity index (χ3n) is 4.49. The van der Waals surface area contributed by atoms with Crippen molar-refractivity contribution in [3.05, 3.63) is 58.7 Å². The van der Waals surface area contributed by atoms with Gasteiger partial charge < -0.3 is 9.84 Å². The highest BCUT2D eigenvalue weighted by Crippen LogP contribution is 2.35. The molecule has 0 aliphatic heterocycles. The van der Waals surface area contributed by atoms with Gasteiger partial charge in [0.25, 0.3) is 0 Å². The first-order valence-corrected chi connectivity index (χ1v) is 9.69. The summed E-state index contributed by atoms with van der Waals surface area (Å²) in [4.78, 5) is 11.6. The number of aromatic hydroxyl groups is 1. The maximum atomic E-state index is 11.6. The number of phenolic OH excluding ortho intramolecular Hbond substituents is 1. The van der Waals surface area contributed by atoms with Crippen LogP contribution >= 0.6 is 11.8 Å². The molecule has 0 unspecified atom stereocenters. The molecule has 1 N–H and O–H groups in total. The minimum Gasteiger partial charge on any atom is -0.507 e. The molecule has 0 spiro atoms. The van der Waals surface area contributed by atoms with Gasteiger partial charge in [0, 0.05) is 5.41 Å². The monoisotopic (exact) mass is 358 g/mol. The molecule has 0 aliphatic rings. The van der Waals surface area contributed by atoms with Crippen LogP contribution in [-0.2, 0) is 10.2 Å². The summed E-state index contributed by atoms with van der Waals surface area (Å²) < 4.78 is 5.55. The van der Waals surface area contributed by atoms with E-state index in [9.17, 15) is 9.90 Å². The van der Waals surface area contributed by atoms with Crippen molar-refractivity contribution in [3.8, 4) is 11.5 Å². The molecule has 3 nitrogen and oxygen atoms in total. The smallest absolute Gasteiger partial charge is 0.180 e.